The van der Waals surface area contributed by atoms with Gasteiger partial charge in [-0.15, -0.1) is 0 Å². The van der Waals surface area contributed by atoms with Gasteiger partial charge in [-0.05, 0) is 69.5 Å². The van der Waals surface area contributed by atoms with E-state index >= 15 is 0 Å². The molecule has 0 aromatic carbocycles. The largest absolute Gasteiger partial charge is 0.348 e. The lowest BCUT2D eigenvalue weighted by molar-refractivity contribution is 0.0864. The summed E-state index contributed by atoms with van der Waals surface area (Å²) in [6.45, 7) is 11.6. The second-order valence-corrected chi connectivity index (χ2v) is 8.22. The molecule has 0 bridgehead atoms. The zero-order valence-electron chi connectivity index (χ0n) is 13.6. The van der Waals surface area contributed by atoms with Crippen molar-refractivity contribution in [3.8, 4) is 0 Å². The number of amides is 1. The Hall–Kier alpha value is -0.810. The number of nitrogens with zero attached hydrogens (tertiary/aromatic N) is 1. The van der Waals surface area contributed by atoms with E-state index in [1.165, 1.54) is 0 Å². The average Bonchev–Trinajstić information content (AvgIpc) is 2.66. The number of halogens is 1. The SMILES string of the molecule is CCn1cc(Br)cc1C(=O)NC1CC(C)(C)NC(C)(C)C1. The predicted octanol–water partition coefficient (Wildman–Crippen LogP) is 3.31. The Morgan fingerprint density at radius 2 is 1.95 bits per heavy atom. The Morgan fingerprint density at radius 1 is 1.38 bits per heavy atom. The van der Waals surface area contributed by atoms with Gasteiger partial charge in [-0.25, -0.2) is 0 Å². The summed E-state index contributed by atoms with van der Waals surface area (Å²) in [5, 5.41) is 6.85. The van der Waals surface area contributed by atoms with Crippen molar-refractivity contribution in [3.63, 3.8) is 0 Å². The standard InChI is InChI=1S/C16H26BrN3O/c1-6-20-10-11(17)7-13(20)14(21)18-12-8-15(2,3)19-16(4,5)9-12/h7,10,12,19H,6,8-9H2,1-5H3,(H,18,21). The highest BCUT2D eigenvalue weighted by atomic mass is 79.9. The molecule has 1 aromatic heterocycles. The fraction of sp³-hybridized carbons (Fsp3) is 0.688. The summed E-state index contributed by atoms with van der Waals surface area (Å²) in [6.07, 6.45) is 3.83. The van der Waals surface area contributed by atoms with E-state index in [1.807, 2.05) is 23.8 Å². The molecular weight excluding hydrogens is 330 g/mol. The molecule has 21 heavy (non-hydrogen) atoms. The van der Waals surface area contributed by atoms with E-state index in [0.29, 0.717) is 0 Å². The van der Waals surface area contributed by atoms with Gasteiger partial charge in [-0.2, -0.15) is 0 Å². The van der Waals surface area contributed by atoms with Crippen LogP contribution >= 0.6 is 15.9 Å². The van der Waals surface area contributed by atoms with E-state index in [2.05, 4.69) is 54.3 Å². The average molecular weight is 356 g/mol. The van der Waals surface area contributed by atoms with E-state index < -0.39 is 0 Å². The van der Waals surface area contributed by atoms with Crippen LogP contribution in [-0.4, -0.2) is 27.6 Å². The molecule has 1 aliphatic heterocycles. The first-order chi connectivity index (χ1) is 9.62. The van der Waals surface area contributed by atoms with E-state index in [1.54, 1.807) is 0 Å². The van der Waals surface area contributed by atoms with Crippen LogP contribution in [0.15, 0.2) is 16.7 Å². The maximum atomic E-state index is 12.6. The van der Waals surface area contributed by atoms with Crippen LogP contribution in [0.25, 0.3) is 0 Å². The van der Waals surface area contributed by atoms with Gasteiger partial charge in [-0.3, -0.25) is 4.79 Å². The van der Waals surface area contributed by atoms with Gasteiger partial charge in [0, 0.05) is 34.3 Å². The van der Waals surface area contributed by atoms with Gasteiger partial charge < -0.3 is 15.2 Å². The molecule has 0 aliphatic carbocycles. The Morgan fingerprint density at radius 3 is 2.48 bits per heavy atom. The van der Waals surface area contributed by atoms with Gasteiger partial charge in [0.05, 0.1) is 0 Å². The lowest BCUT2D eigenvalue weighted by atomic mass is 9.79. The lowest BCUT2D eigenvalue weighted by Crippen LogP contribution is -2.62. The normalized spacial score (nSPS) is 21.2. The monoisotopic (exact) mass is 355 g/mol. The van der Waals surface area contributed by atoms with Crippen molar-refractivity contribution >= 4 is 21.8 Å². The maximum Gasteiger partial charge on any atom is 0.268 e. The van der Waals surface area contributed by atoms with Gasteiger partial charge in [0.1, 0.15) is 5.69 Å². The van der Waals surface area contributed by atoms with Crippen molar-refractivity contribution in [2.45, 2.75) is 71.1 Å². The molecule has 1 fully saturated rings. The van der Waals surface area contributed by atoms with Crippen molar-refractivity contribution < 1.29 is 4.79 Å². The fourth-order valence-corrected chi connectivity index (χ4v) is 4.07. The third kappa shape index (κ3) is 4.10. The van der Waals surface area contributed by atoms with Crippen LogP contribution in [-0.2, 0) is 6.54 Å². The van der Waals surface area contributed by atoms with E-state index in [-0.39, 0.29) is 23.0 Å². The van der Waals surface area contributed by atoms with E-state index in [0.717, 1.165) is 29.6 Å². The summed E-state index contributed by atoms with van der Waals surface area (Å²) in [5.74, 6) is 0.0149. The predicted molar refractivity (Wildman–Crippen MR) is 89.6 cm³/mol. The van der Waals surface area contributed by atoms with Crippen molar-refractivity contribution in [2.75, 3.05) is 0 Å². The summed E-state index contributed by atoms with van der Waals surface area (Å²) >= 11 is 3.44. The molecule has 2 rings (SSSR count). The Balaban J connectivity index is 2.12. The highest BCUT2D eigenvalue weighted by Crippen LogP contribution is 2.28. The number of aryl methyl sites for hydroxylation is 1. The minimum absolute atomic E-state index is 0.0149. The number of hydrogen-bond acceptors (Lipinski definition) is 2. The number of rotatable bonds is 3. The van der Waals surface area contributed by atoms with Crippen LogP contribution in [0.3, 0.4) is 0 Å². The third-order valence-electron chi connectivity index (χ3n) is 3.96. The molecule has 0 spiro atoms. The molecule has 118 valence electrons. The lowest BCUT2D eigenvalue weighted by Gasteiger charge is -2.46. The minimum atomic E-state index is 0.0149. The molecule has 0 unspecified atom stereocenters. The molecule has 1 aliphatic rings. The van der Waals surface area contributed by atoms with Crippen molar-refractivity contribution in [2.24, 2.45) is 0 Å². The first-order valence-electron chi connectivity index (χ1n) is 7.58. The van der Waals surface area contributed by atoms with Crippen LogP contribution in [0.1, 0.15) is 57.9 Å². The number of aromatic nitrogens is 1. The topological polar surface area (TPSA) is 46.1 Å². The summed E-state index contributed by atoms with van der Waals surface area (Å²) in [4.78, 5) is 12.6. The highest BCUT2D eigenvalue weighted by Gasteiger charge is 2.38. The summed E-state index contributed by atoms with van der Waals surface area (Å²) in [5.41, 5.74) is 0.790. The van der Waals surface area contributed by atoms with Gasteiger partial charge >= 0.3 is 0 Å². The molecule has 0 atom stereocenters. The Bertz CT molecular complexity index is 518. The highest BCUT2D eigenvalue weighted by molar-refractivity contribution is 9.10. The molecule has 0 radical (unpaired) electrons. The number of piperidine rings is 1. The molecule has 4 nitrogen and oxygen atoms in total. The molecule has 1 amide bonds. The first kappa shape index (κ1) is 16.6. The second kappa shape index (κ2) is 5.76. The van der Waals surface area contributed by atoms with E-state index in [9.17, 15) is 4.79 Å². The van der Waals surface area contributed by atoms with Gasteiger partial charge in [0.15, 0.2) is 0 Å². The summed E-state index contributed by atoms with van der Waals surface area (Å²) in [6, 6.07) is 2.08. The van der Waals surface area contributed by atoms with Gasteiger partial charge in [0.25, 0.3) is 5.91 Å². The Labute approximate surface area is 135 Å². The van der Waals surface area contributed by atoms with Crippen LogP contribution in [0, 0.1) is 0 Å². The molecule has 5 heteroatoms. The number of nitrogens with one attached hydrogen (secondary N) is 2. The van der Waals surface area contributed by atoms with Crippen molar-refractivity contribution in [1.29, 1.82) is 0 Å². The molecule has 0 saturated carbocycles. The van der Waals surface area contributed by atoms with Crippen LogP contribution in [0.4, 0.5) is 0 Å². The second-order valence-electron chi connectivity index (χ2n) is 7.30. The van der Waals surface area contributed by atoms with Crippen LogP contribution in [0.5, 0.6) is 0 Å². The zero-order valence-corrected chi connectivity index (χ0v) is 15.2. The smallest absolute Gasteiger partial charge is 0.268 e. The molecule has 1 aromatic rings. The number of carbonyl (C=O) groups excluding carboxylic acids is 1. The number of hydrogen-bond donors (Lipinski definition) is 2. The van der Waals surface area contributed by atoms with Crippen molar-refractivity contribution in [3.05, 3.63) is 22.4 Å². The molecule has 2 heterocycles. The quantitative estimate of drug-likeness (QED) is 0.873. The number of carbonyl (C=O) groups is 1. The zero-order chi connectivity index (χ0) is 15.8. The summed E-state index contributed by atoms with van der Waals surface area (Å²) in [7, 11) is 0. The maximum absolute atomic E-state index is 12.6. The Kier molecular flexibility index (Phi) is 4.54. The van der Waals surface area contributed by atoms with Gasteiger partial charge in [0.2, 0.25) is 0 Å². The molecule has 1 saturated heterocycles. The van der Waals surface area contributed by atoms with Crippen LogP contribution in [0.2, 0.25) is 0 Å². The van der Waals surface area contributed by atoms with E-state index in [4.69, 9.17) is 0 Å². The fourth-order valence-electron chi connectivity index (χ4n) is 3.61. The van der Waals surface area contributed by atoms with Gasteiger partial charge in [-0.1, -0.05) is 0 Å². The summed E-state index contributed by atoms with van der Waals surface area (Å²) < 4.78 is 2.91. The van der Waals surface area contributed by atoms with Crippen molar-refractivity contribution in [1.82, 2.24) is 15.2 Å². The molecular formula is C16H26BrN3O. The molecule has 2 N–H and O–H groups in total. The van der Waals surface area contributed by atoms with Crippen LogP contribution < -0.4 is 10.6 Å². The third-order valence-corrected chi connectivity index (χ3v) is 4.40. The first-order valence-corrected chi connectivity index (χ1v) is 8.37. The minimum Gasteiger partial charge on any atom is -0.348 e.